The summed E-state index contributed by atoms with van der Waals surface area (Å²) in [7, 11) is 0. The van der Waals surface area contributed by atoms with Gasteiger partial charge in [0, 0.05) is 12.2 Å². The maximum Gasteiger partial charge on any atom is 0.171 e. The minimum Gasteiger partial charge on any atom is -0.390 e. The van der Waals surface area contributed by atoms with Crippen molar-refractivity contribution >= 4 is 6.21 Å². The number of nitrogens with zero attached hydrogens (tertiary/aromatic N) is 1. The minimum atomic E-state index is 0.0772. The number of allylic oxidation sites excluding steroid dienone is 20. The molecule has 1 N–H and O–H groups in total. The molecule has 2 nitrogen and oxygen atoms in total. The first-order valence-corrected chi connectivity index (χ1v) is 16.5. The van der Waals surface area contributed by atoms with Gasteiger partial charge < -0.3 is 5.11 Å². The molecular formula is C42H60NO+. The summed E-state index contributed by atoms with van der Waals surface area (Å²) in [5.41, 5.74) is 11.0. The Morgan fingerprint density at radius 1 is 0.727 bits per heavy atom. The molecule has 0 aromatic heterocycles. The number of hydrogen-bond donors (Lipinski definition) is 1. The van der Waals surface area contributed by atoms with Gasteiger partial charge in [-0.05, 0) is 106 Å². The van der Waals surface area contributed by atoms with E-state index in [-0.39, 0.29) is 17.4 Å². The molecule has 2 heteroatoms. The summed E-state index contributed by atoms with van der Waals surface area (Å²) in [6.45, 7) is 25.1. The van der Waals surface area contributed by atoms with E-state index in [1.54, 1.807) is 0 Å². The van der Waals surface area contributed by atoms with E-state index < -0.39 is 0 Å². The number of aliphatic hydroxyl groups is 1. The average Bonchev–Trinajstić information content (AvgIpc) is 2.93. The van der Waals surface area contributed by atoms with Gasteiger partial charge in [-0.2, -0.15) is 0 Å². The third kappa shape index (κ3) is 12.8. The fourth-order valence-corrected chi connectivity index (χ4v) is 6.07. The van der Waals surface area contributed by atoms with Gasteiger partial charge in [-0.1, -0.05) is 117 Å². The molecule has 0 aromatic rings. The highest BCUT2D eigenvalue weighted by Crippen LogP contribution is 2.41. The molecule has 2 rings (SSSR count). The van der Waals surface area contributed by atoms with E-state index in [0.717, 1.165) is 11.1 Å². The third-order valence-corrected chi connectivity index (χ3v) is 8.87. The van der Waals surface area contributed by atoms with E-state index in [9.17, 15) is 5.11 Å². The maximum absolute atomic E-state index is 9.56. The average molecular weight is 595 g/mol. The van der Waals surface area contributed by atoms with Crippen LogP contribution in [0.15, 0.2) is 130 Å². The molecule has 0 aromatic carbocycles. The van der Waals surface area contributed by atoms with Crippen LogP contribution in [0.4, 0.5) is 0 Å². The minimum absolute atomic E-state index is 0.0772. The van der Waals surface area contributed by atoms with Crippen molar-refractivity contribution in [1.82, 2.24) is 0 Å². The van der Waals surface area contributed by atoms with E-state index in [1.165, 1.54) is 72.0 Å². The lowest BCUT2D eigenvalue weighted by atomic mass is 9.72. The zero-order valence-electron chi connectivity index (χ0n) is 29.3. The SMILES string of the molecule is C=C(\C=C/[N+](=C/C=C(C)/C=C/C=C(C)/C=C/C1=C(C)CCCC1(C)C)CCO)/C=C/C=C(C)/C=C/C1=C(C)CCCC1(C)C. The Balaban J connectivity index is 1.99. The van der Waals surface area contributed by atoms with E-state index in [1.807, 2.05) is 35.2 Å². The van der Waals surface area contributed by atoms with E-state index in [2.05, 4.69) is 124 Å². The van der Waals surface area contributed by atoms with Crippen LogP contribution < -0.4 is 0 Å². The van der Waals surface area contributed by atoms with Crippen LogP contribution in [-0.2, 0) is 0 Å². The van der Waals surface area contributed by atoms with Gasteiger partial charge in [0.2, 0.25) is 0 Å². The molecule has 0 saturated carbocycles. The molecular weight excluding hydrogens is 534 g/mol. The summed E-state index contributed by atoms with van der Waals surface area (Å²) < 4.78 is 1.98. The van der Waals surface area contributed by atoms with Crippen LogP contribution in [0.25, 0.3) is 0 Å². The molecule has 0 aliphatic heterocycles. The molecule has 2 aliphatic rings. The monoisotopic (exact) mass is 594 g/mol. The van der Waals surface area contributed by atoms with E-state index in [4.69, 9.17) is 0 Å². The Kier molecular flexibility index (Phi) is 15.0. The van der Waals surface area contributed by atoms with Crippen molar-refractivity contribution < 1.29 is 9.68 Å². The maximum atomic E-state index is 9.56. The normalized spacial score (nSPS) is 21.0. The molecule has 0 bridgehead atoms. The zero-order valence-corrected chi connectivity index (χ0v) is 29.3. The van der Waals surface area contributed by atoms with Crippen LogP contribution in [-0.4, -0.2) is 29.0 Å². The Morgan fingerprint density at radius 2 is 1.20 bits per heavy atom. The Morgan fingerprint density at radius 3 is 1.68 bits per heavy atom. The van der Waals surface area contributed by atoms with Crippen molar-refractivity contribution in [3.63, 3.8) is 0 Å². The first kappa shape index (κ1) is 37.0. The standard InChI is InChI=1S/C42H60NO/c1-33(21-23-39-37(5)19-13-27-41(39,7)8)15-11-17-35(3)25-29-43(31-32-44)30-26-36(4)18-12-16-34(2)22-24-40-38(6)20-14-28-42(40,9)10/h11-12,15-18,21-26,29-30,44H,3,13-14,19-20,27-28,31-32H2,1-2,4-10H3/q+1/b17-11+,18-12+,23-21+,24-22+,29-25-,33-15+,34-16+,36-26+,43-30-. The van der Waals surface area contributed by atoms with Crippen LogP contribution in [0.3, 0.4) is 0 Å². The number of hydrogen-bond acceptors (Lipinski definition) is 1. The first-order valence-electron chi connectivity index (χ1n) is 16.5. The van der Waals surface area contributed by atoms with Gasteiger partial charge in [0.1, 0.15) is 6.61 Å². The summed E-state index contributed by atoms with van der Waals surface area (Å²) in [5, 5.41) is 9.56. The van der Waals surface area contributed by atoms with Gasteiger partial charge in [0.05, 0.1) is 0 Å². The van der Waals surface area contributed by atoms with Crippen molar-refractivity contribution in [1.29, 1.82) is 0 Å². The van der Waals surface area contributed by atoms with Gasteiger partial charge in [-0.3, -0.25) is 0 Å². The highest BCUT2D eigenvalue weighted by Gasteiger charge is 2.27. The lowest BCUT2D eigenvalue weighted by Gasteiger charge is -2.33. The highest BCUT2D eigenvalue weighted by atomic mass is 16.3. The predicted octanol–water partition coefficient (Wildman–Crippen LogP) is 11.2. The third-order valence-electron chi connectivity index (χ3n) is 8.87. The van der Waals surface area contributed by atoms with Gasteiger partial charge in [0.25, 0.3) is 0 Å². The van der Waals surface area contributed by atoms with Crippen molar-refractivity contribution in [2.45, 2.75) is 101 Å². The Bertz CT molecular complexity index is 1350. The Labute approximate surface area is 270 Å². The van der Waals surface area contributed by atoms with Gasteiger partial charge in [-0.15, -0.1) is 0 Å². The van der Waals surface area contributed by atoms with Crippen molar-refractivity contribution in [3.8, 4) is 0 Å². The fourth-order valence-electron chi connectivity index (χ4n) is 6.07. The molecule has 238 valence electrons. The molecule has 44 heavy (non-hydrogen) atoms. The molecule has 2 aliphatic carbocycles. The number of rotatable bonds is 13. The van der Waals surface area contributed by atoms with Crippen LogP contribution in [0.2, 0.25) is 0 Å². The van der Waals surface area contributed by atoms with Crippen LogP contribution >= 0.6 is 0 Å². The molecule has 0 heterocycles. The smallest absolute Gasteiger partial charge is 0.171 e. The summed E-state index contributed by atoms with van der Waals surface area (Å²) in [5.74, 6) is 0. The van der Waals surface area contributed by atoms with Gasteiger partial charge in [0.15, 0.2) is 19.0 Å². The zero-order chi connectivity index (χ0) is 32.8. The van der Waals surface area contributed by atoms with Crippen molar-refractivity contribution in [3.05, 3.63) is 130 Å². The fraction of sp³-hybridized carbons (Fsp3) is 0.452. The first-order chi connectivity index (χ1) is 20.7. The molecule has 0 spiro atoms. The van der Waals surface area contributed by atoms with Gasteiger partial charge >= 0.3 is 0 Å². The van der Waals surface area contributed by atoms with Crippen molar-refractivity contribution in [2.75, 3.05) is 13.2 Å². The molecule has 0 unspecified atom stereocenters. The lowest BCUT2D eigenvalue weighted by Crippen LogP contribution is -2.19. The molecule has 0 saturated heterocycles. The predicted molar refractivity (Wildman–Crippen MR) is 195 cm³/mol. The summed E-state index contributed by atoms with van der Waals surface area (Å²) in [6, 6.07) is 0. The van der Waals surface area contributed by atoms with Crippen LogP contribution in [0.1, 0.15) is 101 Å². The summed E-state index contributed by atoms with van der Waals surface area (Å²) in [6.07, 6.45) is 37.2. The second-order valence-corrected chi connectivity index (χ2v) is 14.0. The second-order valence-electron chi connectivity index (χ2n) is 14.0. The molecule has 0 amide bonds. The molecule has 0 atom stereocenters. The van der Waals surface area contributed by atoms with Crippen LogP contribution in [0.5, 0.6) is 0 Å². The lowest BCUT2D eigenvalue weighted by molar-refractivity contribution is -0.454. The number of aliphatic hydroxyl groups excluding tert-OH is 1. The molecule has 0 fully saturated rings. The van der Waals surface area contributed by atoms with E-state index in [0.29, 0.717) is 6.54 Å². The van der Waals surface area contributed by atoms with Crippen molar-refractivity contribution in [2.24, 2.45) is 10.8 Å². The second kappa shape index (κ2) is 17.9. The summed E-state index contributed by atoms with van der Waals surface area (Å²) in [4.78, 5) is 0. The highest BCUT2D eigenvalue weighted by molar-refractivity contribution is 5.68. The largest absolute Gasteiger partial charge is 0.390 e. The van der Waals surface area contributed by atoms with Crippen LogP contribution in [0, 0.1) is 10.8 Å². The molecule has 0 radical (unpaired) electrons. The quantitative estimate of drug-likeness (QED) is 0.128. The Hall–Kier alpha value is -3.23. The van der Waals surface area contributed by atoms with E-state index >= 15 is 0 Å². The summed E-state index contributed by atoms with van der Waals surface area (Å²) >= 11 is 0. The van der Waals surface area contributed by atoms with Gasteiger partial charge in [-0.25, -0.2) is 4.58 Å². The topological polar surface area (TPSA) is 23.2 Å².